The SMILES string of the molecule is CNCCCn1cc(CC(=O)c2cc(F)c(Cl)s2)cc(F)c1=O. The fraction of sp³-hybridized carbons (Fsp3) is 0.333. The van der Waals surface area contributed by atoms with Crippen molar-refractivity contribution in [1.29, 1.82) is 0 Å². The minimum Gasteiger partial charge on any atom is -0.320 e. The van der Waals surface area contributed by atoms with Gasteiger partial charge in [0.2, 0.25) is 0 Å². The molecule has 0 spiro atoms. The summed E-state index contributed by atoms with van der Waals surface area (Å²) in [5, 5.41) is 2.94. The zero-order valence-corrected chi connectivity index (χ0v) is 13.9. The Morgan fingerprint density at radius 3 is 2.70 bits per heavy atom. The fourth-order valence-corrected chi connectivity index (χ4v) is 3.11. The number of nitrogens with zero attached hydrogens (tertiary/aromatic N) is 1. The Hall–Kier alpha value is -1.57. The maximum atomic E-state index is 13.7. The van der Waals surface area contributed by atoms with Gasteiger partial charge in [0.15, 0.2) is 17.4 Å². The first-order chi connectivity index (χ1) is 10.9. The van der Waals surface area contributed by atoms with Crippen LogP contribution in [-0.4, -0.2) is 23.9 Å². The van der Waals surface area contributed by atoms with Gasteiger partial charge < -0.3 is 9.88 Å². The molecule has 2 rings (SSSR count). The number of aromatic nitrogens is 1. The van der Waals surface area contributed by atoms with E-state index in [1.807, 2.05) is 0 Å². The molecule has 4 nitrogen and oxygen atoms in total. The molecule has 2 aromatic heterocycles. The van der Waals surface area contributed by atoms with Gasteiger partial charge >= 0.3 is 0 Å². The molecule has 0 aliphatic heterocycles. The van der Waals surface area contributed by atoms with Crippen LogP contribution in [0.15, 0.2) is 23.1 Å². The van der Waals surface area contributed by atoms with Crippen molar-refractivity contribution in [2.45, 2.75) is 19.4 Å². The Bertz CT molecular complexity index is 754. The van der Waals surface area contributed by atoms with Crippen LogP contribution >= 0.6 is 22.9 Å². The first-order valence-corrected chi connectivity index (χ1v) is 8.13. The third-order valence-corrected chi connectivity index (χ3v) is 4.56. The molecular formula is C15H15ClF2N2O2S. The summed E-state index contributed by atoms with van der Waals surface area (Å²) in [4.78, 5) is 24.0. The highest BCUT2D eigenvalue weighted by atomic mass is 35.5. The number of nitrogens with one attached hydrogen (secondary N) is 1. The first-order valence-electron chi connectivity index (χ1n) is 6.94. The van der Waals surface area contributed by atoms with E-state index < -0.39 is 17.2 Å². The van der Waals surface area contributed by atoms with Gasteiger partial charge in [0, 0.05) is 19.2 Å². The number of thiophene rings is 1. The van der Waals surface area contributed by atoms with Gasteiger partial charge in [-0.25, -0.2) is 8.78 Å². The smallest absolute Gasteiger partial charge is 0.286 e. The van der Waals surface area contributed by atoms with E-state index in [9.17, 15) is 18.4 Å². The van der Waals surface area contributed by atoms with Gasteiger partial charge in [-0.05, 0) is 37.7 Å². The molecule has 0 saturated heterocycles. The van der Waals surface area contributed by atoms with Crippen molar-refractivity contribution in [1.82, 2.24) is 9.88 Å². The molecule has 23 heavy (non-hydrogen) atoms. The predicted octanol–water partition coefficient (Wildman–Crippen LogP) is 2.88. The number of pyridine rings is 1. The molecule has 0 atom stereocenters. The van der Waals surface area contributed by atoms with Crippen molar-refractivity contribution >= 4 is 28.7 Å². The molecule has 0 aliphatic carbocycles. The summed E-state index contributed by atoms with van der Waals surface area (Å²) < 4.78 is 28.1. The zero-order chi connectivity index (χ0) is 17.0. The predicted molar refractivity (Wildman–Crippen MR) is 86.5 cm³/mol. The van der Waals surface area contributed by atoms with E-state index in [0.717, 1.165) is 23.5 Å². The lowest BCUT2D eigenvalue weighted by molar-refractivity contribution is 0.0996. The monoisotopic (exact) mass is 360 g/mol. The number of ketones is 1. The molecule has 0 bridgehead atoms. The van der Waals surface area contributed by atoms with E-state index >= 15 is 0 Å². The number of rotatable bonds is 7. The standard InChI is InChI=1S/C15H15ClF2N2O2S/c1-19-3-2-4-20-8-9(5-11(18)15(20)22)6-12(21)13-7-10(17)14(16)23-13/h5,7-8,19H,2-4,6H2,1H3. The molecule has 1 N–H and O–H groups in total. The molecule has 0 radical (unpaired) electrons. The Morgan fingerprint density at radius 2 is 2.09 bits per heavy atom. The Morgan fingerprint density at radius 1 is 1.35 bits per heavy atom. The van der Waals surface area contributed by atoms with Gasteiger partial charge in [0.25, 0.3) is 5.56 Å². The van der Waals surface area contributed by atoms with Crippen molar-refractivity contribution in [3.63, 3.8) is 0 Å². The summed E-state index contributed by atoms with van der Waals surface area (Å²) in [6.07, 6.45) is 1.99. The maximum absolute atomic E-state index is 13.7. The minimum atomic E-state index is -0.907. The molecule has 0 saturated carbocycles. The minimum absolute atomic E-state index is 0.0865. The van der Waals surface area contributed by atoms with E-state index in [4.69, 9.17) is 11.6 Å². The van der Waals surface area contributed by atoms with Gasteiger partial charge in [-0.1, -0.05) is 11.6 Å². The third kappa shape index (κ3) is 4.46. The van der Waals surface area contributed by atoms with Crippen LogP contribution in [0.2, 0.25) is 4.34 Å². The topological polar surface area (TPSA) is 51.1 Å². The van der Waals surface area contributed by atoms with Crippen LogP contribution in [0.4, 0.5) is 8.78 Å². The van der Waals surface area contributed by atoms with Crippen molar-refractivity contribution in [3.05, 3.63) is 55.1 Å². The highest BCUT2D eigenvalue weighted by Crippen LogP contribution is 2.27. The van der Waals surface area contributed by atoms with E-state index in [1.54, 1.807) is 7.05 Å². The second-order valence-electron chi connectivity index (χ2n) is 4.98. The van der Waals surface area contributed by atoms with E-state index in [1.165, 1.54) is 10.8 Å². The van der Waals surface area contributed by atoms with Gasteiger partial charge in [0.05, 0.1) is 4.88 Å². The number of hydrogen-bond donors (Lipinski definition) is 1. The quantitative estimate of drug-likeness (QED) is 0.610. The summed E-state index contributed by atoms with van der Waals surface area (Å²) in [6, 6.07) is 2.11. The van der Waals surface area contributed by atoms with E-state index in [-0.39, 0.29) is 21.4 Å². The number of halogens is 3. The Balaban J connectivity index is 2.19. The van der Waals surface area contributed by atoms with Crippen molar-refractivity contribution in [3.8, 4) is 0 Å². The normalized spacial score (nSPS) is 11.0. The second-order valence-corrected chi connectivity index (χ2v) is 6.64. The molecule has 0 aromatic carbocycles. The third-order valence-electron chi connectivity index (χ3n) is 3.21. The summed E-state index contributed by atoms with van der Waals surface area (Å²) in [5.74, 6) is -1.93. The van der Waals surface area contributed by atoms with Crippen molar-refractivity contribution in [2.75, 3.05) is 13.6 Å². The van der Waals surface area contributed by atoms with Crippen LogP contribution in [0.25, 0.3) is 0 Å². The molecule has 0 fully saturated rings. The molecular weight excluding hydrogens is 346 g/mol. The number of carbonyl (C=O) groups excluding carboxylic acids is 1. The summed E-state index contributed by atoms with van der Waals surface area (Å²) in [7, 11) is 1.78. The molecule has 0 amide bonds. The Labute approximate surface area is 140 Å². The van der Waals surface area contributed by atoms with E-state index in [2.05, 4.69) is 5.32 Å². The number of Topliss-reactive ketones (excluding diaryl/α,β-unsaturated/α-hetero) is 1. The average Bonchev–Trinajstić information content (AvgIpc) is 2.84. The number of carbonyl (C=O) groups is 1. The van der Waals surface area contributed by atoms with Crippen LogP contribution in [0, 0.1) is 11.6 Å². The zero-order valence-electron chi connectivity index (χ0n) is 12.4. The summed E-state index contributed by atoms with van der Waals surface area (Å²) in [5.41, 5.74) is -0.357. The average molecular weight is 361 g/mol. The van der Waals surface area contributed by atoms with Gasteiger partial charge in [0.1, 0.15) is 4.34 Å². The van der Waals surface area contributed by atoms with Gasteiger partial charge in [-0.15, -0.1) is 11.3 Å². The second kappa shape index (κ2) is 7.81. The number of hydrogen-bond acceptors (Lipinski definition) is 4. The fourth-order valence-electron chi connectivity index (χ4n) is 2.10. The summed E-state index contributed by atoms with van der Waals surface area (Å²) >= 11 is 6.44. The van der Waals surface area contributed by atoms with Crippen LogP contribution in [-0.2, 0) is 13.0 Å². The van der Waals surface area contributed by atoms with Gasteiger partial charge in [-0.3, -0.25) is 9.59 Å². The highest BCUT2D eigenvalue weighted by molar-refractivity contribution is 7.18. The molecule has 0 aliphatic rings. The van der Waals surface area contributed by atoms with Crippen LogP contribution in [0.3, 0.4) is 0 Å². The number of aryl methyl sites for hydroxylation is 1. The lowest BCUT2D eigenvalue weighted by Crippen LogP contribution is -2.25. The van der Waals surface area contributed by atoms with Crippen LogP contribution in [0.5, 0.6) is 0 Å². The van der Waals surface area contributed by atoms with Gasteiger partial charge in [-0.2, -0.15) is 0 Å². The van der Waals surface area contributed by atoms with Crippen LogP contribution in [0.1, 0.15) is 21.7 Å². The maximum Gasteiger partial charge on any atom is 0.286 e. The molecule has 8 heteroatoms. The highest BCUT2D eigenvalue weighted by Gasteiger charge is 2.15. The van der Waals surface area contributed by atoms with E-state index in [0.29, 0.717) is 25.1 Å². The lowest BCUT2D eigenvalue weighted by Gasteiger charge is -2.08. The largest absolute Gasteiger partial charge is 0.320 e. The molecule has 2 heterocycles. The first kappa shape index (κ1) is 17.8. The molecule has 124 valence electrons. The van der Waals surface area contributed by atoms with Crippen molar-refractivity contribution in [2.24, 2.45) is 0 Å². The molecule has 2 aromatic rings. The Kier molecular flexibility index (Phi) is 6.04. The summed E-state index contributed by atoms with van der Waals surface area (Å²) in [6.45, 7) is 1.03. The lowest BCUT2D eigenvalue weighted by atomic mass is 10.1. The van der Waals surface area contributed by atoms with Crippen LogP contribution < -0.4 is 10.9 Å². The van der Waals surface area contributed by atoms with Crippen molar-refractivity contribution < 1.29 is 13.6 Å². The molecule has 0 unspecified atom stereocenters.